The van der Waals surface area contributed by atoms with Gasteiger partial charge in [-0.1, -0.05) is 13.0 Å². The number of carboxylic acid groups (broad SMARTS) is 1. The lowest BCUT2D eigenvalue weighted by atomic mass is 10.0. The van der Waals surface area contributed by atoms with Crippen LogP contribution in [0.1, 0.15) is 31.9 Å². The molecule has 3 atom stereocenters. The van der Waals surface area contributed by atoms with Crippen molar-refractivity contribution in [1.82, 2.24) is 4.90 Å². The van der Waals surface area contributed by atoms with Crippen LogP contribution in [0.4, 0.5) is 4.39 Å². The summed E-state index contributed by atoms with van der Waals surface area (Å²) in [5.74, 6) is -1.41. The third-order valence-corrected chi connectivity index (χ3v) is 3.93. The highest BCUT2D eigenvalue weighted by molar-refractivity contribution is 5.74. The summed E-state index contributed by atoms with van der Waals surface area (Å²) in [6, 6.07) is 3.03. The topological polar surface area (TPSA) is 60.8 Å². The van der Waals surface area contributed by atoms with E-state index in [0.717, 1.165) is 12.5 Å². The molecule has 2 rings (SSSR count). The molecule has 19 heavy (non-hydrogen) atoms. The maximum Gasteiger partial charge on any atom is 0.321 e. The van der Waals surface area contributed by atoms with Crippen LogP contribution in [0, 0.1) is 11.7 Å². The van der Waals surface area contributed by atoms with Crippen LogP contribution in [0.3, 0.4) is 0 Å². The molecule has 1 aromatic rings. The molecule has 0 aliphatic carbocycles. The molecule has 4 nitrogen and oxygen atoms in total. The molecule has 0 saturated carbocycles. The summed E-state index contributed by atoms with van der Waals surface area (Å²) in [6.07, 6.45) is 0.809. The Labute approximate surface area is 111 Å². The summed E-state index contributed by atoms with van der Waals surface area (Å²) in [5.41, 5.74) is 0.557. The Morgan fingerprint density at radius 3 is 2.79 bits per heavy atom. The molecule has 1 saturated heterocycles. The molecular formula is C14H18FNO3. The lowest BCUT2D eigenvalue weighted by Crippen LogP contribution is -2.40. The monoisotopic (exact) mass is 267 g/mol. The number of aliphatic carboxylic acids is 1. The average molecular weight is 267 g/mol. The van der Waals surface area contributed by atoms with Gasteiger partial charge >= 0.3 is 5.97 Å². The molecule has 3 unspecified atom stereocenters. The molecular weight excluding hydrogens is 249 g/mol. The number of likely N-dealkylation sites (tertiary alicyclic amines) is 1. The highest BCUT2D eigenvalue weighted by Crippen LogP contribution is 2.36. The zero-order chi connectivity index (χ0) is 14.2. The van der Waals surface area contributed by atoms with Crippen molar-refractivity contribution in [3.8, 4) is 5.75 Å². The van der Waals surface area contributed by atoms with Gasteiger partial charge in [0.25, 0.3) is 0 Å². The summed E-state index contributed by atoms with van der Waals surface area (Å²) in [7, 11) is 0. The summed E-state index contributed by atoms with van der Waals surface area (Å²) in [6.45, 7) is 4.41. The normalized spacial score (nSPS) is 25.4. The summed E-state index contributed by atoms with van der Waals surface area (Å²) < 4.78 is 13.0. The van der Waals surface area contributed by atoms with Gasteiger partial charge in [-0.25, -0.2) is 4.39 Å². The lowest BCUT2D eigenvalue weighted by molar-refractivity contribution is -0.144. The first-order valence-electron chi connectivity index (χ1n) is 6.38. The molecule has 1 aromatic carbocycles. The van der Waals surface area contributed by atoms with E-state index >= 15 is 0 Å². The number of hydrogen-bond acceptors (Lipinski definition) is 3. The molecule has 0 aromatic heterocycles. The Morgan fingerprint density at radius 1 is 1.53 bits per heavy atom. The lowest BCUT2D eigenvalue weighted by Gasteiger charge is -2.30. The molecule has 0 amide bonds. The van der Waals surface area contributed by atoms with E-state index in [-0.39, 0.29) is 17.7 Å². The largest absolute Gasteiger partial charge is 0.508 e. The molecule has 1 aliphatic heterocycles. The minimum atomic E-state index is -0.849. The maximum atomic E-state index is 13.0. The molecule has 2 N–H and O–H groups in total. The van der Waals surface area contributed by atoms with Crippen molar-refractivity contribution in [1.29, 1.82) is 0 Å². The number of benzene rings is 1. The van der Waals surface area contributed by atoms with Crippen LogP contribution >= 0.6 is 0 Å². The first kappa shape index (κ1) is 13.8. The van der Waals surface area contributed by atoms with E-state index in [4.69, 9.17) is 0 Å². The molecule has 1 fully saturated rings. The van der Waals surface area contributed by atoms with Gasteiger partial charge < -0.3 is 10.2 Å². The SMILES string of the molecule is CC1CCN(C(C)c2ccc(F)cc2O)C1C(=O)O. The molecule has 104 valence electrons. The average Bonchev–Trinajstić information content (AvgIpc) is 2.70. The van der Waals surface area contributed by atoms with Crippen molar-refractivity contribution >= 4 is 5.97 Å². The summed E-state index contributed by atoms with van der Waals surface area (Å²) in [5, 5.41) is 19.1. The van der Waals surface area contributed by atoms with Crippen molar-refractivity contribution in [2.45, 2.75) is 32.4 Å². The van der Waals surface area contributed by atoms with Crippen molar-refractivity contribution in [2.24, 2.45) is 5.92 Å². The first-order valence-corrected chi connectivity index (χ1v) is 6.38. The first-order chi connectivity index (χ1) is 8.91. The number of carbonyl (C=O) groups is 1. The zero-order valence-corrected chi connectivity index (χ0v) is 11.0. The fourth-order valence-electron chi connectivity index (χ4n) is 2.85. The van der Waals surface area contributed by atoms with Gasteiger partial charge in [-0.05, 0) is 31.9 Å². The zero-order valence-electron chi connectivity index (χ0n) is 11.0. The third-order valence-electron chi connectivity index (χ3n) is 3.93. The summed E-state index contributed by atoms with van der Waals surface area (Å²) in [4.78, 5) is 13.2. The van der Waals surface area contributed by atoms with Crippen LogP contribution in [-0.2, 0) is 4.79 Å². The van der Waals surface area contributed by atoms with E-state index < -0.39 is 17.8 Å². The predicted molar refractivity (Wildman–Crippen MR) is 68.4 cm³/mol. The van der Waals surface area contributed by atoms with Crippen LogP contribution < -0.4 is 0 Å². The quantitative estimate of drug-likeness (QED) is 0.882. The Morgan fingerprint density at radius 2 is 2.21 bits per heavy atom. The minimum Gasteiger partial charge on any atom is -0.508 e. The van der Waals surface area contributed by atoms with Crippen molar-refractivity contribution in [3.63, 3.8) is 0 Å². The van der Waals surface area contributed by atoms with E-state index in [1.165, 1.54) is 12.1 Å². The van der Waals surface area contributed by atoms with E-state index in [2.05, 4.69) is 0 Å². The van der Waals surface area contributed by atoms with E-state index in [1.807, 2.05) is 18.7 Å². The highest BCUT2D eigenvalue weighted by Gasteiger charge is 2.39. The van der Waals surface area contributed by atoms with Crippen LogP contribution in [0.25, 0.3) is 0 Å². The minimum absolute atomic E-state index is 0.0718. The second-order valence-corrected chi connectivity index (χ2v) is 5.17. The van der Waals surface area contributed by atoms with Gasteiger partial charge in [0, 0.05) is 17.7 Å². The van der Waals surface area contributed by atoms with Gasteiger partial charge in [-0.3, -0.25) is 9.69 Å². The van der Waals surface area contributed by atoms with Crippen molar-refractivity contribution < 1.29 is 19.4 Å². The Balaban J connectivity index is 2.28. The second-order valence-electron chi connectivity index (χ2n) is 5.17. The van der Waals surface area contributed by atoms with E-state index in [0.29, 0.717) is 12.1 Å². The fourth-order valence-corrected chi connectivity index (χ4v) is 2.85. The molecule has 1 heterocycles. The molecule has 0 spiro atoms. The Kier molecular flexibility index (Phi) is 3.75. The van der Waals surface area contributed by atoms with Crippen molar-refractivity contribution in [2.75, 3.05) is 6.54 Å². The molecule has 1 aliphatic rings. The van der Waals surface area contributed by atoms with Crippen LogP contribution in [0.5, 0.6) is 5.75 Å². The molecule has 5 heteroatoms. The number of hydrogen-bond donors (Lipinski definition) is 2. The van der Waals surface area contributed by atoms with Gasteiger partial charge in [0.2, 0.25) is 0 Å². The number of phenols is 1. The van der Waals surface area contributed by atoms with E-state index in [1.54, 1.807) is 0 Å². The molecule has 0 radical (unpaired) electrons. The van der Waals surface area contributed by atoms with Gasteiger partial charge in [0.05, 0.1) is 0 Å². The number of halogens is 1. The third kappa shape index (κ3) is 2.56. The number of phenolic OH excluding ortho intramolecular Hbond substituents is 1. The molecule has 0 bridgehead atoms. The van der Waals surface area contributed by atoms with E-state index in [9.17, 15) is 19.4 Å². The Bertz CT molecular complexity index is 492. The fraction of sp³-hybridized carbons (Fsp3) is 0.500. The number of aromatic hydroxyl groups is 1. The standard InChI is InChI=1S/C14H18FNO3/c1-8-5-6-16(13(8)14(18)19)9(2)11-4-3-10(15)7-12(11)17/h3-4,7-9,13,17H,5-6H2,1-2H3,(H,18,19). The van der Waals surface area contributed by atoms with Crippen LogP contribution in [-0.4, -0.2) is 33.7 Å². The van der Waals surface area contributed by atoms with Crippen molar-refractivity contribution in [3.05, 3.63) is 29.6 Å². The summed E-state index contributed by atoms with van der Waals surface area (Å²) >= 11 is 0. The van der Waals surface area contributed by atoms with Crippen LogP contribution in [0.2, 0.25) is 0 Å². The smallest absolute Gasteiger partial charge is 0.321 e. The van der Waals surface area contributed by atoms with Gasteiger partial charge in [0.15, 0.2) is 0 Å². The van der Waals surface area contributed by atoms with Gasteiger partial charge in [-0.2, -0.15) is 0 Å². The second kappa shape index (κ2) is 5.17. The number of carboxylic acids is 1. The maximum absolute atomic E-state index is 13.0. The number of rotatable bonds is 3. The predicted octanol–water partition coefficient (Wildman–Crippen LogP) is 2.39. The van der Waals surface area contributed by atoms with Gasteiger partial charge in [0.1, 0.15) is 17.6 Å². The van der Waals surface area contributed by atoms with Crippen LogP contribution in [0.15, 0.2) is 18.2 Å². The van der Waals surface area contributed by atoms with Gasteiger partial charge in [-0.15, -0.1) is 0 Å². The Hall–Kier alpha value is -1.62. The number of nitrogens with zero attached hydrogens (tertiary/aromatic N) is 1. The highest BCUT2D eigenvalue weighted by atomic mass is 19.1.